The Hall–Kier alpha value is -3.93. The normalized spacial score (nSPS) is 10.7. The number of Topliss-reactive ketones (excluding diaryl/α,β-unsaturated/α-hetero) is 1. The van der Waals surface area contributed by atoms with Gasteiger partial charge in [0, 0.05) is 11.1 Å². The lowest BCUT2D eigenvalue weighted by Gasteiger charge is -2.12. The number of hydrogen-bond donors (Lipinski definition) is 0. The molecular weight excluding hydrogens is 387 g/mol. The molecule has 0 atom stereocenters. The van der Waals surface area contributed by atoms with E-state index in [-0.39, 0.29) is 28.3 Å². The molecule has 4 aromatic rings. The number of rotatable bonds is 6. The van der Waals surface area contributed by atoms with Gasteiger partial charge in [-0.25, -0.2) is 4.39 Å². The highest BCUT2D eigenvalue weighted by molar-refractivity contribution is 5.97. The Labute approximate surface area is 171 Å². The zero-order valence-electron chi connectivity index (χ0n) is 16.1. The first kappa shape index (κ1) is 19.4. The summed E-state index contributed by atoms with van der Waals surface area (Å²) in [5, 5.41) is 0.346. The molecule has 5 nitrogen and oxygen atoms in total. The van der Waals surface area contributed by atoms with Gasteiger partial charge < -0.3 is 13.9 Å². The Morgan fingerprint density at radius 2 is 1.67 bits per heavy atom. The van der Waals surface area contributed by atoms with Crippen molar-refractivity contribution >= 4 is 16.8 Å². The highest BCUT2D eigenvalue weighted by Gasteiger charge is 2.19. The highest BCUT2D eigenvalue weighted by atomic mass is 19.1. The second kappa shape index (κ2) is 8.21. The monoisotopic (exact) mass is 404 g/mol. The van der Waals surface area contributed by atoms with Crippen LogP contribution in [0.4, 0.5) is 4.39 Å². The average molecular weight is 404 g/mol. The van der Waals surface area contributed by atoms with Gasteiger partial charge in [0.25, 0.3) is 0 Å². The first-order valence-corrected chi connectivity index (χ1v) is 9.18. The molecule has 0 bridgehead atoms. The molecular formula is C24H17FO5. The van der Waals surface area contributed by atoms with Gasteiger partial charge in [-0.3, -0.25) is 9.59 Å². The predicted octanol–water partition coefficient (Wildman–Crippen LogP) is 4.87. The molecule has 30 heavy (non-hydrogen) atoms. The molecule has 6 heteroatoms. The zero-order chi connectivity index (χ0) is 21.1. The van der Waals surface area contributed by atoms with E-state index in [2.05, 4.69) is 0 Å². The summed E-state index contributed by atoms with van der Waals surface area (Å²) >= 11 is 0. The number of ketones is 1. The van der Waals surface area contributed by atoms with Crippen molar-refractivity contribution in [1.29, 1.82) is 0 Å². The Balaban J connectivity index is 1.74. The third-order valence-corrected chi connectivity index (χ3v) is 4.62. The van der Waals surface area contributed by atoms with Crippen molar-refractivity contribution in [2.75, 3.05) is 13.7 Å². The van der Waals surface area contributed by atoms with Crippen LogP contribution in [0, 0.1) is 5.82 Å². The molecule has 0 saturated heterocycles. The summed E-state index contributed by atoms with van der Waals surface area (Å²) in [6.07, 6.45) is 0. The number of para-hydroxylation sites is 1. The van der Waals surface area contributed by atoms with Gasteiger partial charge in [-0.05, 0) is 60.7 Å². The summed E-state index contributed by atoms with van der Waals surface area (Å²) < 4.78 is 29.9. The Bertz CT molecular complexity index is 1260. The maximum absolute atomic E-state index is 13.1. The molecule has 150 valence electrons. The highest BCUT2D eigenvalue weighted by Crippen LogP contribution is 2.32. The van der Waals surface area contributed by atoms with Crippen molar-refractivity contribution < 1.29 is 23.1 Å². The van der Waals surface area contributed by atoms with Crippen molar-refractivity contribution in [3.05, 3.63) is 94.4 Å². The van der Waals surface area contributed by atoms with Crippen LogP contribution in [-0.4, -0.2) is 19.5 Å². The summed E-state index contributed by atoms with van der Waals surface area (Å²) in [6, 6.07) is 18.9. The summed E-state index contributed by atoms with van der Waals surface area (Å²) in [7, 11) is 1.56. The fourth-order valence-corrected chi connectivity index (χ4v) is 3.05. The van der Waals surface area contributed by atoms with Gasteiger partial charge in [-0.15, -0.1) is 0 Å². The second-order valence-electron chi connectivity index (χ2n) is 6.53. The fraction of sp³-hybridized carbons (Fsp3) is 0.0833. The molecule has 4 rings (SSSR count). The van der Waals surface area contributed by atoms with E-state index in [0.717, 1.165) is 0 Å². The molecule has 0 amide bonds. The van der Waals surface area contributed by atoms with Crippen LogP contribution in [0.3, 0.4) is 0 Å². The molecule has 0 spiro atoms. The van der Waals surface area contributed by atoms with Crippen LogP contribution < -0.4 is 14.9 Å². The van der Waals surface area contributed by atoms with Crippen molar-refractivity contribution in [1.82, 2.24) is 0 Å². The molecule has 1 aromatic heterocycles. The number of carbonyl (C=O) groups excluding carboxylic acids is 1. The average Bonchev–Trinajstić information content (AvgIpc) is 2.78. The molecule has 0 saturated carbocycles. The maximum atomic E-state index is 13.1. The number of ether oxygens (including phenoxy) is 2. The van der Waals surface area contributed by atoms with Crippen molar-refractivity contribution in [2.45, 2.75) is 0 Å². The van der Waals surface area contributed by atoms with E-state index in [1.807, 2.05) is 0 Å². The van der Waals surface area contributed by atoms with Crippen LogP contribution >= 0.6 is 0 Å². The van der Waals surface area contributed by atoms with Crippen LogP contribution in [0.15, 0.2) is 82.0 Å². The summed E-state index contributed by atoms with van der Waals surface area (Å²) in [4.78, 5) is 25.5. The van der Waals surface area contributed by atoms with Gasteiger partial charge in [0.05, 0.1) is 12.5 Å². The van der Waals surface area contributed by atoms with E-state index in [0.29, 0.717) is 22.3 Å². The maximum Gasteiger partial charge on any atom is 0.235 e. The number of benzene rings is 3. The zero-order valence-corrected chi connectivity index (χ0v) is 16.1. The second-order valence-corrected chi connectivity index (χ2v) is 6.53. The SMILES string of the molecule is COc1ccc(-c2oc3ccccc3c(=O)c2OCC(=O)c2ccc(F)cc2)cc1. The molecule has 3 aromatic carbocycles. The molecule has 0 radical (unpaired) electrons. The van der Waals surface area contributed by atoms with E-state index in [1.54, 1.807) is 55.6 Å². The lowest BCUT2D eigenvalue weighted by molar-refractivity contribution is 0.0920. The summed E-state index contributed by atoms with van der Waals surface area (Å²) in [5.41, 5.74) is 0.913. The third kappa shape index (κ3) is 3.80. The minimum atomic E-state index is -0.440. The first-order valence-electron chi connectivity index (χ1n) is 9.18. The topological polar surface area (TPSA) is 65.7 Å². The van der Waals surface area contributed by atoms with Crippen LogP contribution in [0.5, 0.6) is 11.5 Å². The van der Waals surface area contributed by atoms with Crippen LogP contribution in [0.1, 0.15) is 10.4 Å². The molecule has 0 unspecified atom stereocenters. The quantitative estimate of drug-likeness (QED) is 0.429. The Morgan fingerprint density at radius 1 is 0.967 bits per heavy atom. The number of fused-ring (bicyclic) bond motifs is 1. The molecule has 0 aliphatic heterocycles. The molecule has 0 fully saturated rings. The minimum Gasteiger partial charge on any atom is -0.497 e. The lowest BCUT2D eigenvalue weighted by Crippen LogP contribution is -2.17. The molecule has 0 N–H and O–H groups in total. The largest absolute Gasteiger partial charge is 0.497 e. The van der Waals surface area contributed by atoms with Gasteiger partial charge in [0.2, 0.25) is 11.2 Å². The fourth-order valence-electron chi connectivity index (χ4n) is 3.05. The molecule has 0 aliphatic carbocycles. The third-order valence-electron chi connectivity index (χ3n) is 4.62. The number of halogens is 1. The number of carbonyl (C=O) groups is 1. The Morgan fingerprint density at radius 3 is 2.37 bits per heavy atom. The Kier molecular flexibility index (Phi) is 5.30. The minimum absolute atomic E-state index is 0.0608. The van der Waals surface area contributed by atoms with Gasteiger partial charge in [-0.1, -0.05) is 12.1 Å². The smallest absolute Gasteiger partial charge is 0.235 e. The van der Waals surface area contributed by atoms with Crippen LogP contribution in [-0.2, 0) is 0 Å². The first-order chi connectivity index (χ1) is 14.6. The lowest BCUT2D eigenvalue weighted by atomic mass is 10.1. The van der Waals surface area contributed by atoms with Crippen molar-refractivity contribution in [3.63, 3.8) is 0 Å². The van der Waals surface area contributed by atoms with Crippen LogP contribution in [0.2, 0.25) is 0 Å². The standard InChI is InChI=1S/C24H17FO5/c1-28-18-12-8-16(9-13-18)23-24(22(27)19-4-2-3-5-21(19)30-23)29-14-20(26)15-6-10-17(25)11-7-15/h2-13H,14H2,1H3. The molecule has 0 aliphatic rings. The molecule has 1 heterocycles. The van der Waals surface area contributed by atoms with Crippen LogP contribution in [0.25, 0.3) is 22.3 Å². The predicted molar refractivity (Wildman–Crippen MR) is 111 cm³/mol. The van der Waals surface area contributed by atoms with E-state index >= 15 is 0 Å². The van der Waals surface area contributed by atoms with E-state index < -0.39 is 12.4 Å². The van der Waals surface area contributed by atoms with E-state index in [9.17, 15) is 14.0 Å². The van der Waals surface area contributed by atoms with Crippen molar-refractivity contribution in [3.8, 4) is 22.8 Å². The number of methoxy groups -OCH3 is 1. The summed E-state index contributed by atoms with van der Waals surface area (Å²) in [6.45, 7) is -0.391. The van der Waals surface area contributed by atoms with E-state index in [1.165, 1.54) is 24.3 Å². The van der Waals surface area contributed by atoms with E-state index in [4.69, 9.17) is 13.9 Å². The van der Waals surface area contributed by atoms with Crippen molar-refractivity contribution in [2.24, 2.45) is 0 Å². The van der Waals surface area contributed by atoms with Gasteiger partial charge in [0.1, 0.15) is 17.1 Å². The summed E-state index contributed by atoms with van der Waals surface area (Å²) in [5.74, 6) is -0.0221. The van der Waals surface area contributed by atoms with Gasteiger partial charge in [0.15, 0.2) is 18.2 Å². The van der Waals surface area contributed by atoms with Gasteiger partial charge >= 0.3 is 0 Å². The number of hydrogen-bond acceptors (Lipinski definition) is 5. The van der Waals surface area contributed by atoms with Gasteiger partial charge in [-0.2, -0.15) is 0 Å².